The normalized spacial score (nSPS) is 27.0. The Hall–Kier alpha value is -2.26. The Morgan fingerprint density at radius 2 is 1.24 bits per heavy atom. The minimum Gasteiger partial charge on any atom is -0.541 e. The summed E-state index contributed by atoms with van der Waals surface area (Å²) in [6.07, 6.45) is 3.40. The minimum absolute atomic E-state index is 0.135. The number of allylic oxidation sites excluding steroid dienone is 4. The lowest BCUT2D eigenvalue weighted by Gasteiger charge is -2.42. The van der Waals surface area contributed by atoms with Crippen molar-refractivity contribution >= 4 is 35.4 Å². The van der Waals surface area contributed by atoms with Crippen LogP contribution in [0, 0.1) is 0 Å². The van der Waals surface area contributed by atoms with Crippen molar-refractivity contribution in [3.05, 3.63) is 121 Å². The van der Waals surface area contributed by atoms with E-state index in [9.17, 15) is 0 Å². The highest BCUT2D eigenvalue weighted by Crippen LogP contribution is 2.85. The summed E-state index contributed by atoms with van der Waals surface area (Å²) in [6.45, 7) is 16.6. The average Bonchev–Trinajstić information content (AvgIpc) is 3.74. The average molecular weight is 611 g/mol. The summed E-state index contributed by atoms with van der Waals surface area (Å²) in [5.74, 6) is 0. The molecule has 2 aliphatic heterocycles. The maximum Gasteiger partial charge on any atom is 0.0911 e. The molecule has 0 spiro atoms. The van der Waals surface area contributed by atoms with Crippen molar-refractivity contribution < 1.29 is 0 Å². The van der Waals surface area contributed by atoms with Crippen LogP contribution in [0.25, 0.3) is 0 Å². The number of rotatable bonds is 1. The molecule has 42 heavy (non-hydrogen) atoms. The van der Waals surface area contributed by atoms with Crippen LogP contribution < -0.4 is 5.30 Å². The van der Waals surface area contributed by atoms with E-state index >= 15 is 0 Å². The molecule has 218 valence electrons. The second-order valence-electron chi connectivity index (χ2n) is 14.5. The van der Waals surface area contributed by atoms with E-state index in [1.54, 1.807) is 5.57 Å². The number of hydrogen-bond acceptors (Lipinski definition) is 2. The van der Waals surface area contributed by atoms with Crippen molar-refractivity contribution in [3.8, 4) is 0 Å². The van der Waals surface area contributed by atoms with Crippen molar-refractivity contribution in [2.75, 3.05) is 0 Å². The van der Waals surface area contributed by atoms with Crippen LogP contribution in [0.1, 0.15) is 107 Å². The van der Waals surface area contributed by atoms with E-state index in [1.165, 1.54) is 60.5 Å². The molecule has 5 heterocycles. The number of thiophene rings is 1. The molecular formula is C37H43N2PS2. The van der Waals surface area contributed by atoms with Crippen molar-refractivity contribution in [1.82, 2.24) is 9.97 Å². The molecule has 3 aromatic heterocycles. The van der Waals surface area contributed by atoms with Gasteiger partial charge in [-0.3, -0.25) is 0 Å². The lowest BCUT2D eigenvalue weighted by atomic mass is 9.74. The molecule has 1 saturated carbocycles. The van der Waals surface area contributed by atoms with Crippen LogP contribution in [0.2, 0.25) is 0 Å². The fourth-order valence-corrected chi connectivity index (χ4v) is 16.5. The van der Waals surface area contributed by atoms with E-state index in [-0.39, 0.29) is 21.7 Å². The number of aromatic amines is 2. The van der Waals surface area contributed by atoms with Gasteiger partial charge < -0.3 is 22.2 Å². The number of nitrogens with one attached hydrogen (secondary N) is 2. The Morgan fingerprint density at radius 1 is 0.714 bits per heavy atom. The zero-order valence-electron chi connectivity index (χ0n) is 26.2. The van der Waals surface area contributed by atoms with Crippen LogP contribution in [-0.2, 0) is 33.9 Å². The van der Waals surface area contributed by atoms with Crippen LogP contribution in [0.5, 0.6) is 0 Å². The van der Waals surface area contributed by atoms with Gasteiger partial charge in [-0.05, 0) is 141 Å². The smallest absolute Gasteiger partial charge is 0.0911 e. The van der Waals surface area contributed by atoms with Crippen molar-refractivity contribution in [2.24, 2.45) is 0 Å². The van der Waals surface area contributed by atoms with Crippen molar-refractivity contribution in [2.45, 2.75) is 96.3 Å². The summed E-state index contributed by atoms with van der Waals surface area (Å²) in [7, 11) is 0. The van der Waals surface area contributed by atoms with Crippen molar-refractivity contribution in [1.29, 1.82) is 0 Å². The number of benzene rings is 1. The Kier molecular flexibility index (Phi) is 6.20. The predicted octanol–water partition coefficient (Wildman–Crippen LogP) is 10.1. The van der Waals surface area contributed by atoms with Gasteiger partial charge in [0.1, 0.15) is 0 Å². The summed E-state index contributed by atoms with van der Waals surface area (Å²) >= 11 is 9.17. The van der Waals surface area contributed by atoms with Gasteiger partial charge >= 0.3 is 0 Å². The molecule has 1 unspecified atom stereocenters. The van der Waals surface area contributed by atoms with Gasteiger partial charge in [-0.25, -0.2) is 0 Å². The molecule has 0 saturated heterocycles. The van der Waals surface area contributed by atoms with Gasteiger partial charge in [0.2, 0.25) is 0 Å². The molecule has 2 atom stereocenters. The van der Waals surface area contributed by atoms with Gasteiger partial charge in [-0.2, -0.15) is 0 Å². The summed E-state index contributed by atoms with van der Waals surface area (Å²) in [4.78, 5) is 10.9. The molecule has 1 fully saturated rings. The van der Waals surface area contributed by atoms with Crippen LogP contribution in [0.3, 0.4) is 0 Å². The van der Waals surface area contributed by atoms with Crippen LogP contribution >= 0.6 is 17.8 Å². The maximum atomic E-state index is 7.21. The Bertz CT molecular complexity index is 1770. The zero-order valence-corrected chi connectivity index (χ0v) is 28.8. The lowest BCUT2D eigenvalue weighted by Crippen LogP contribution is -2.28. The molecule has 1 aromatic carbocycles. The topological polar surface area (TPSA) is 31.6 Å². The summed E-state index contributed by atoms with van der Waals surface area (Å²) in [6, 6.07) is 25.3. The molecule has 4 aromatic rings. The van der Waals surface area contributed by atoms with Gasteiger partial charge in [-0.1, -0.05) is 18.2 Å². The quantitative estimate of drug-likeness (QED) is 0.163. The highest BCUT2D eigenvalue weighted by molar-refractivity contribution is 8.49. The van der Waals surface area contributed by atoms with Crippen LogP contribution in [0.4, 0.5) is 0 Å². The maximum absolute atomic E-state index is 7.21. The predicted molar refractivity (Wildman–Crippen MR) is 184 cm³/mol. The lowest BCUT2D eigenvalue weighted by molar-refractivity contribution is 0.576. The van der Waals surface area contributed by atoms with Gasteiger partial charge in [0.05, 0.1) is 26.8 Å². The second-order valence-corrected chi connectivity index (χ2v) is 19.8. The monoisotopic (exact) mass is 610 g/mol. The van der Waals surface area contributed by atoms with Gasteiger partial charge in [-0.15, -0.1) is 11.3 Å². The highest BCUT2D eigenvalue weighted by atomic mass is 32.7. The van der Waals surface area contributed by atoms with E-state index in [1.807, 2.05) is 11.3 Å². The zero-order chi connectivity index (χ0) is 29.9. The molecule has 3 aliphatic rings. The third kappa shape index (κ3) is 3.55. The molecule has 5 heteroatoms. The largest absolute Gasteiger partial charge is 0.541 e. The summed E-state index contributed by atoms with van der Waals surface area (Å²) < 4.78 is 0. The van der Waals surface area contributed by atoms with Crippen LogP contribution in [-0.4, -0.2) is 9.97 Å². The third-order valence-electron chi connectivity index (χ3n) is 10.7. The van der Waals surface area contributed by atoms with Crippen LogP contribution in [0.15, 0.2) is 88.5 Å². The van der Waals surface area contributed by atoms with Crippen molar-refractivity contribution in [3.63, 3.8) is 0 Å². The first-order valence-electron chi connectivity index (χ1n) is 15.4. The standard InChI is InChI=1S/C37H43N2PS2/c1-23(2)32-37-22-12-15-25(37)33(40(32,41)24-13-10-9-11-14-24)36(7,8)28-17-16-26(38-28)34(3,4)30-20-21-31(42-30)35(5,6)27-18-19-29(37)39-27/h9-11,13-14,16-21,38-39H,12,15,22H2,1-8H3/t37-,40?/m0/s1. The third-order valence-corrected chi connectivity index (χ3v) is 18.1. The van der Waals surface area contributed by atoms with Gasteiger partial charge in [0.25, 0.3) is 0 Å². The van der Waals surface area contributed by atoms with Gasteiger partial charge in [0.15, 0.2) is 0 Å². The van der Waals surface area contributed by atoms with E-state index in [0.29, 0.717) is 0 Å². The van der Waals surface area contributed by atoms with E-state index < -0.39 is 6.46 Å². The SMILES string of the molecule is CC(C)=C1[C@@]23CCCC2=C(C(C)(C)c2ccc([nH]2)C(C)(C)c2ccc(s2)C(C)(C)c2ccc3[nH]2)[P+]1([S-])c1ccccc1. The highest BCUT2D eigenvalue weighted by Gasteiger charge is 2.65. The first-order chi connectivity index (χ1) is 19.8. The van der Waals surface area contributed by atoms with Gasteiger partial charge in [0, 0.05) is 43.4 Å². The summed E-state index contributed by atoms with van der Waals surface area (Å²) in [5, 5.41) is 4.35. The molecule has 7 rings (SSSR count). The first-order valence-corrected chi connectivity index (χ1v) is 19.0. The fourth-order valence-electron chi connectivity index (χ4n) is 8.42. The Labute approximate surface area is 261 Å². The molecule has 1 aliphatic carbocycles. The van der Waals surface area contributed by atoms with E-state index in [2.05, 4.69) is 132 Å². The first kappa shape index (κ1) is 28.5. The summed E-state index contributed by atoms with van der Waals surface area (Å²) in [5.41, 5.74) is 7.44. The molecule has 2 N–H and O–H groups in total. The van der Waals surface area contributed by atoms with E-state index in [4.69, 9.17) is 12.2 Å². The minimum atomic E-state index is -2.34. The van der Waals surface area contributed by atoms with E-state index in [0.717, 1.165) is 12.8 Å². The number of aromatic nitrogens is 2. The Balaban J connectivity index is 1.63. The second kappa shape index (κ2) is 9.13. The number of H-pyrrole nitrogens is 2. The fraction of sp³-hybridized carbons (Fsp3) is 0.405. The molecule has 2 nitrogen and oxygen atoms in total. The number of fused-ring (bicyclic) bond motifs is 6. The molecule has 0 radical (unpaired) electrons. The molecular weight excluding hydrogens is 568 g/mol. The Morgan fingerprint density at radius 3 is 1.81 bits per heavy atom. The molecule has 8 bridgehead atoms. The molecule has 0 amide bonds. The number of hydrogen-bond donors (Lipinski definition) is 2.